The van der Waals surface area contributed by atoms with Crippen molar-refractivity contribution in [2.75, 3.05) is 31.6 Å². The lowest BCUT2D eigenvalue weighted by atomic mass is 9.99. The first-order chi connectivity index (χ1) is 16.7. The van der Waals surface area contributed by atoms with Crippen molar-refractivity contribution in [1.29, 1.82) is 0 Å². The van der Waals surface area contributed by atoms with E-state index in [0.29, 0.717) is 55.5 Å². The third-order valence-electron chi connectivity index (χ3n) is 6.60. The van der Waals surface area contributed by atoms with Crippen molar-refractivity contribution < 1.29 is 22.7 Å². The molecule has 10 heteroatoms. The number of anilines is 1. The van der Waals surface area contributed by atoms with Gasteiger partial charge in [-0.2, -0.15) is 4.31 Å². The number of nitrogens with zero attached hydrogens (tertiary/aromatic N) is 2. The number of rotatable bonds is 7. The van der Waals surface area contributed by atoms with E-state index in [1.54, 1.807) is 25.0 Å². The summed E-state index contributed by atoms with van der Waals surface area (Å²) in [6.45, 7) is 3.05. The molecule has 1 N–H and O–H groups in total. The van der Waals surface area contributed by atoms with E-state index < -0.39 is 15.9 Å². The minimum Gasteiger partial charge on any atom is -0.497 e. The quantitative estimate of drug-likeness (QED) is 0.556. The normalized spacial score (nSPS) is 18.3. The van der Waals surface area contributed by atoms with Gasteiger partial charge in [0.2, 0.25) is 21.8 Å². The Morgan fingerprint density at radius 2 is 1.91 bits per heavy atom. The Labute approximate surface area is 214 Å². The lowest BCUT2D eigenvalue weighted by Crippen LogP contribution is -2.45. The van der Waals surface area contributed by atoms with Crippen molar-refractivity contribution in [2.45, 2.75) is 44.0 Å². The summed E-state index contributed by atoms with van der Waals surface area (Å²) < 4.78 is 34.8. The van der Waals surface area contributed by atoms with Gasteiger partial charge in [0, 0.05) is 37.1 Å². The van der Waals surface area contributed by atoms with Gasteiger partial charge in [0.05, 0.1) is 18.7 Å². The van der Waals surface area contributed by atoms with E-state index in [2.05, 4.69) is 21.2 Å². The van der Waals surface area contributed by atoms with Crippen molar-refractivity contribution in [2.24, 2.45) is 5.92 Å². The topological polar surface area (TPSA) is 96.0 Å². The van der Waals surface area contributed by atoms with Gasteiger partial charge in [0.1, 0.15) is 10.6 Å². The van der Waals surface area contributed by atoms with Crippen LogP contribution in [0.3, 0.4) is 0 Å². The summed E-state index contributed by atoms with van der Waals surface area (Å²) in [5.74, 6) is 0.0386. The molecular weight excluding hydrogens is 534 g/mol. The molecule has 188 valence electrons. The van der Waals surface area contributed by atoms with E-state index in [-0.39, 0.29) is 23.3 Å². The maximum absolute atomic E-state index is 13.8. The van der Waals surface area contributed by atoms with Crippen LogP contribution in [0.1, 0.15) is 37.3 Å². The number of piperidine rings is 1. The number of fused-ring (bicyclic) bond motifs is 1. The van der Waals surface area contributed by atoms with Crippen LogP contribution in [0.5, 0.6) is 5.75 Å². The van der Waals surface area contributed by atoms with Crippen molar-refractivity contribution in [1.82, 2.24) is 9.62 Å². The average molecular weight is 565 g/mol. The van der Waals surface area contributed by atoms with Crippen molar-refractivity contribution in [3.05, 3.63) is 52.0 Å². The van der Waals surface area contributed by atoms with E-state index in [0.717, 1.165) is 16.9 Å². The zero-order valence-electron chi connectivity index (χ0n) is 19.9. The van der Waals surface area contributed by atoms with Crippen LogP contribution < -0.4 is 15.0 Å². The van der Waals surface area contributed by atoms with Crippen molar-refractivity contribution in [3.63, 3.8) is 0 Å². The predicted octanol–water partition coefficient (Wildman–Crippen LogP) is 3.47. The number of hydrogen-bond acceptors (Lipinski definition) is 5. The number of sulfonamides is 1. The number of benzene rings is 2. The Morgan fingerprint density at radius 1 is 1.17 bits per heavy atom. The average Bonchev–Trinajstić information content (AvgIpc) is 3.30. The van der Waals surface area contributed by atoms with Crippen LogP contribution in [-0.2, 0) is 32.6 Å². The van der Waals surface area contributed by atoms with E-state index in [9.17, 15) is 18.0 Å². The highest BCUT2D eigenvalue weighted by Gasteiger charge is 2.38. The first kappa shape index (κ1) is 25.7. The zero-order valence-corrected chi connectivity index (χ0v) is 22.3. The number of methoxy groups -OCH3 is 1. The fourth-order valence-corrected chi connectivity index (χ4v) is 7.14. The van der Waals surface area contributed by atoms with Crippen molar-refractivity contribution in [3.8, 4) is 5.75 Å². The number of hydrogen-bond donors (Lipinski definition) is 1. The molecule has 1 fully saturated rings. The van der Waals surface area contributed by atoms with Crippen LogP contribution in [-0.4, -0.2) is 51.3 Å². The molecule has 0 aliphatic carbocycles. The van der Waals surface area contributed by atoms with Crippen LogP contribution in [0, 0.1) is 5.92 Å². The molecule has 0 unspecified atom stereocenters. The second-order valence-electron chi connectivity index (χ2n) is 8.83. The first-order valence-corrected chi connectivity index (χ1v) is 14.0. The highest BCUT2D eigenvalue weighted by atomic mass is 79.9. The second kappa shape index (κ2) is 10.7. The highest BCUT2D eigenvalue weighted by Crippen LogP contribution is 2.39. The molecule has 2 aliphatic rings. The molecule has 8 nitrogen and oxygen atoms in total. The first-order valence-electron chi connectivity index (χ1n) is 11.8. The minimum absolute atomic E-state index is 0.100. The fraction of sp³-hybridized carbons (Fsp3) is 0.440. The number of nitrogens with one attached hydrogen (secondary N) is 1. The predicted molar refractivity (Wildman–Crippen MR) is 137 cm³/mol. The molecule has 35 heavy (non-hydrogen) atoms. The molecule has 4 rings (SSSR count). The maximum Gasteiger partial charge on any atom is 0.245 e. The summed E-state index contributed by atoms with van der Waals surface area (Å²) in [6.07, 6.45) is 2.12. The SMILES string of the molecule is CCC(=O)N1CCc2cc(Br)cc(S(=O)(=O)N3CCC[C@@H](C(=O)NCc4ccc(OC)cc4)C3)c21. The minimum atomic E-state index is -3.91. The highest BCUT2D eigenvalue weighted by molar-refractivity contribution is 9.10. The van der Waals surface area contributed by atoms with Crippen LogP contribution >= 0.6 is 15.9 Å². The molecule has 2 aromatic rings. The molecule has 0 spiro atoms. The maximum atomic E-state index is 13.8. The van der Waals surface area contributed by atoms with E-state index in [1.807, 2.05) is 30.3 Å². The zero-order chi connectivity index (χ0) is 25.2. The Kier molecular flexibility index (Phi) is 7.83. The van der Waals surface area contributed by atoms with Crippen LogP contribution in [0.15, 0.2) is 45.8 Å². The summed E-state index contributed by atoms with van der Waals surface area (Å²) in [5.41, 5.74) is 2.25. The molecule has 2 aliphatic heterocycles. The van der Waals surface area contributed by atoms with E-state index >= 15 is 0 Å². The Bertz CT molecular complexity index is 1220. The van der Waals surface area contributed by atoms with Crippen LogP contribution in [0.2, 0.25) is 0 Å². The van der Waals surface area contributed by atoms with Gasteiger partial charge in [-0.05, 0) is 54.7 Å². The Hall–Kier alpha value is -2.43. The summed E-state index contributed by atoms with van der Waals surface area (Å²) in [5, 5.41) is 2.94. The molecule has 0 aromatic heterocycles. The smallest absolute Gasteiger partial charge is 0.245 e. The number of halogens is 1. The molecule has 2 heterocycles. The van der Waals surface area contributed by atoms with Gasteiger partial charge in [-0.1, -0.05) is 35.0 Å². The molecule has 0 bridgehead atoms. The number of ether oxygens (including phenoxy) is 1. The fourth-order valence-electron chi connectivity index (χ4n) is 4.70. The molecule has 0 saturated carbocycles. The third-order valence-corrected chi connectivity index (χ3v) is 8.93. The lowest BCUT2D eigenvalue weighted by Gasteiger charge is -2.32. The Balaban J connectivity index is 1.51. The van der Waals surface area contributed by atoms with Gasteiger partial charge < -0.3 is 15.0 Å². The molecule has 2 amide bonds. The third kappa shape index (κ3) is 5.39. The van der Waals surface area contributed by atoms with Gasteiger partial charge in [-0.25, -0.2) is 8.42 Å². The van der Waals surface area contributed by atoms with Crippen LogP contribution in [0.4, 0.5) is 5.69 Å². The van der Waals surface area contributed by atoms with E-state index in [4.69, 9.17) is 4.74 Å². The van der Waals surface area contributed by atoms with E-state index in [1.165, 1.54) is 4.31 Å². The summed E-state index contributed by atoms with van der Waals surface area (Å²) >= 11 is 3.43. The second-order valence-corrected chi connectivity index (χ2v) is 11.7. The number of carbonyl (C=O) groups is 2. The molecule has 1 atom stereocenters. The van der Waals surface area contributed by atoms with Crippen LogP contribution in [0.25, 0.3) is 0 Å². The lowest BCUT2D eigenvalue weighted by molar-refractivity contribution is -0.126. The summed E-state index contributed by atoms with van der Waals surface area (Å²) in [4.78, 5) is 27.1. The molecule has 1 saturated heterocycles. The van der Waals surface area contributed by atoms with Gasteiger partial charge in [-0.3, -0.25) is 9.59 Å². The molecule has 0 radical (unpaired) electrons. The van der Waals surface area contributed by atoms with Crippen molar-refractivity contribution >= 4 is 43.5 Å². The number of amides is 2. The number of carbonyl (C=O) groups excluding carboxylic acids is 2. The monoisotopic (exact) mass is 563 g/mol. The molecular formula is C25H30BrN3O5S. The van der Waals surface area contributed by atoms with Gasteiger partial charge in [-0.15, -0.1) is 0 Å². The van der Waals surface area contributed by atoms with Gasteiger partial charge in [0.15, 0.2) is 0 Å². The van der Waals surface area contributed by atoms with Gasteiger partial charge in [0.25, 0.3) is 0 Å². The largest absolute Gasteiger partial charge is 0.497 e. The summed E-state index contributed by atoms with van der Waals surface area (Å²) in [6, 6.07) is 10.9. The molecule has 2 aromatic carbocycles. The Morgan fingerprint density at radius 3 is 2.60 bits per heavy atom. The van der Waals surface area contributed by atoms with Gasteiger partial charge >= 0.3 is 0 Å². The standard InChI is InChI=1S/C25H30BrN3O5S/c1-3-23(30)29-12-10-18-13-20(26)14-22(24(18)29)35(32,33)28-11-4-5-19(16-28)25(31)27-15-17-6-8-21(34-2)9-7-17/h6-9,13-14,19H,3-5,10-12,15-16H2,1-2H3,(H,27,31)/t19-/m1/s1. The summed E-state index contributed by atoms with van der Waals surface area (Å²) in [7, 11) is -2.31.